The van der Waals surface area contributed by atoms with E-state index in [2.05, 4.69) is 38.2 Å². The average molecular weight is 280 g/mol. The molecular weight excluding hydrogens is 254 g/mol. The first-order valence-electron chi connectivity index (χ1n) is 7.54. The van der Waals surface area contributed by atoms with Gasteiger partial charge in [0.25, 0.3) is 0 Å². The molecule has 1 fully saturated rings. The third-order valence-corrected chi connectivity index (χ3v) is 4.90. The maximum absolute atomic E-state index is 6.23. The number of rotatable bonds is 4. The van der Waals surface area contributed by atoms with E-state index < -0.39 is 0 Å². The number of hydrogen-bond acceptors (Lipinski definition) is 1. The van der Waals surface area contributed by atoms with E-state index in [9.17, 15) is 0 Å². The summed E-state index contributed by atoms with van der Waals surface area (Å²) in [5, 5.41) is 4.63. The second-order valence-corrected chi connectivity index (χ2v) is 6.81. The first kappa shape index (κ1) is 14.9. The van der Waals surface area contributed by atoms with Crippen LogP contribution in [0.5, 0.6) is 0 Å². The molecule has 3 atom stereocenters. The van der Waals surface area contributed by atoms with Gasteiger partial charge in [0.2, 0.25) is 0 Å². The molecule has 1 N–H and O–H groups in total. The standard InChI is InChI=1S/C17H26ClN/c1-12(2)15-9-8-13(3)10-17(15)19-11-14-6-4-5-7-16(14)18/h4-7,12-13,15,17,19H,8-11H2,1-3H3. The second-order valence-electron chi connectivity index (χ2n) is 6.40. The lowest BCUT2D eigenvalue weighted by atomic mass is 9.74. The zero-order chi connectivity index (χ0) is 13.8. The van der Waals surface area contributed by atoms with Gasteiger partial charge in [-0.1, -0.05) is 57.0 Å². The summed E-state index contributed by atoms with van der Waals surface area (Å²) in [7, 11) is 0. The Bertz CT molecular complexity index is 402. The zero-order valence-electron chi connectivity index (χ0n) is 12.3. The minimum absolute atomic E-state index is 0.639. The van der Waals surface area contributed by atoms with E-state index in [1.165, 1.54) is 24.8 Å². The monoisotopic (exact) mass is 279 g/mol. The minimum Gasteiger partial charge on any atom is -0.310 e. The van der Waals surface area contributed by atoms with Crippen molar-refractivity contribution in [2.24, 2.45) is 17.8 Å². The molecule has 0 amide bonds. The summed E-state index contributed by atoms with van der Waals surface area (Å²) in [5.74, 6) is 2.41. The number of halogens is 1. The maximum atomic E-state index is 6.23. The summed E-state index contributed by atoms with van der Waals surface area (Å²) in [6.45, 7) is 7.97. The summed E-state index contributed by atoms with van der Waals surface area (Å²) in [4.78, 5) is 0. The molecule has 2 heteroatoms. The van der Waals surface area contributed by atoms with Crippen molar-refractivity contribution in [2.75, 3.05) is 0 Å². The smallest absolute Gasteiger partial charge is 0.0450 e. The van der Waals surface area contributed by atoms with Crippen molar-refractivity contribution in [2.45, 2.75) is 52.6 Å². The molecule has 0 aromatic heterocycles. The molecule has 0 bridgehead atoms. The van der Waals surface area contributed by atoms with Crippen LogP contribution in [-0.2, 0) is 6.54 Å². The fourth-order valence-electron chi connectivity index (χ4n) is 3.32. The van der Waals surface area contributed by atoms with Crippen LogP contribution in [0, 0.1) is 17.8 Å². The van der Waals surface area contributed by atoms with Crippen LogP contribution in [0.25, 0.3) is 0 Å². The van der Waals surface area contributed by atoms with Crippen molar-refractivity contribution >= 4 is 11.6 Å². The fraction of sp³-hybridized carbons (Fsp3) is 0.647. The van der Waals surface area contributed by atoms with E-state index in [1.807, 2.05) is 12.1 Å². The van der Waals surface area contributed by atoms with Gasteiger partial charge in [-0.05, 0) is 42.2 Å². The Morgan fingerprint density at radius 1 is 1.26 bits per heavy atom. The molecule has 106 valence electrons. The van der Waals surface area contributed by atoms with Crippen molar-refractivity contribution in [3.8, 4) is 0 Å². The molecular formula is C17H26ClN. The minimum atomic E-state index is 0.639. The third kappa shape index (κ3) is 3.97. The molecule has 0 saturated heterocycles. The molecule has 3 unspecified atom stereocenters. The predicted molar refractivity (Wildman–Crippen MR) is 83.4 cm³/mol. The van der Waals surface area contributed by atoms with Gasteiger partial charge in [0.15, 0.2) is 0 Å². The summed E-state index contributed by atoms with van der Waals surface area (Å²) in [6.07, 6.45) is 4.04. The Morgan fingerprint density at radius 2 is 2.00 bits per heavy atom. The van der Waals surface area contributed by atoms with E-state index in [0.29, 0.717) is 6.04 Å². The van der Waals surface area contributed by atoms with Gasteiger partial charge >= 0.3 is 0 Å². The zero-order valence-corrected chi connectivity index (χ0v) is 13.1. The van der Waals surface area contributed by atoms with E-state index in [0.717, 1.165) is 29.3 Å². The highest BCUT2D eigenvalue weighted by Crippen LogP contribution is 2.33. The van der Waals surface area contributed by atoms with Gasteiger partial charge in [-0.15, -0.1) is 0 Å². The van der Waals surface area contributed by atoms with Gasteiger partial charge in [0.05, 0.1) is 0 Å². The third-order valence-electron chi connectivity index (χ3n) is 4.53. The Hall–Kier alpha value is -0.530. The summed E-state index contributed by atoms with van der Waals surface area (Å²) < 4.78 is 0. The highest BCUT2D eigenvalue weighted by Gasteiger charge is 2.30. The predicted octanol–water partition coefficient (Wildman–Crippen LogP) is 4.89. The van der Waals surface area contributed by atoms with E-state index in [4.69, 9.17) is 11.6 Å². The molecule has 2 rings (SSSR count). The number of nitrogens with one attached hydrogen (secondary N) is 1. The van der Waals surface area contributed by atoms with Crippen molar-refractivity contribution in [3.63, 3.8) is 0 Å². The molecule has 0 spiro atoms. The first-order valence-corrected chi connectivity index (χ1v) is 7.92. The normalized spacial score (nSPS) is 27.7. The average Bonchev–Trinajstić information content (AvgIpc) is 2.37. The molecule has 0 radical (unpaired) electrons. The van der Waals surface area contributed by atoms with Gasteiger partial charge < -0.3 is 5.32 Å². The SMILES string of the molecule is CC1CCC(C(C)C)C(NCc2ccccc2Cl)C1. The van der Waals surface area contributed by atoms with Crippen molar-refractivity contribution in [1.82, 2.24) is 5.32 Å². The van der Waals surface area contributed by atoms with Gasteiger partial charge in [-0.25, -0.2) is 0 Å². The Kier molecular flexibility index (Phi) is 5.29. The van der Waals surface area contributed by atoms with E-state index in [-0.39, 0.29) is 0 Å². The summed E-state index contributed by atoms with van der Waals surface area (Å²) >= 11 is 6.23. The molecule has 1 aliphatic rings. The largest absolute Gasteiger partial charge is 0.310 e. The second kappa shape index (κ2) is 6.76. The van der Waals surface area contributed by atoms with E-state index in [1.54, 1.807) is 0 Å². The van der Waals surface area contributed by atoms with Crippen LogP contribution in [0.4, 0.5) is 0 Å². The van der Waals surface area contributed by atoms with Crippen LogP contribution in [-0.4, -0.2) is 6.04 Å². The molecule has 19 heavy (non-hydrogen) atoms. The summed E-state index contributed by atoms with van der Waals surface area (Å²) in [5.41, 5.74) is 1.21. The maximum Gasteiger partial charge on any atom is 0.0450 e. The topological polar surface area (TPSA) is 12.0 Å². The van der Waals surface area contributed by atoms with Crippen molar-refractivity contribution in [1.29, 1.82) is 0 Å². The first-order chi connectivity index (χ1) is 9.08. The molecule has 1 aromatic carbocycles. The lowest BCUT2D eigenvalue weighted by Gasteiger charge is -2.38. The fourth-order valence-corrected chi connectivity index (χ4v) is 3.52. The molecule has 1 aliphatic carbocycles. The van der Waals surface area contributed by atoms with Gasteiger partial charge in [-0.3, -0.25) is 0 Å². The van der Waals surface area contributed by atoms with Crippen LogP contribution < -0.4 is 5.32 Å². The molecule has 0 heterocycles. The summed E-state index contributed by atoms with van der Waals surface area (Å²) in [6, 6.07) is 8.78. The highest BCUT2D eigenvalue weighted by molar-refractivity contribution is 6.31. The Labute approximate surface area is 122 Å². The Morgan fingerprint density at radius 3 is 2.68 bits per heavy atom. The van der Waals surface area contributed by atoms with Crippen LogP contribution in [0.1, 0.15) is 45.6 Å². The molecule has 1 aromatic rings. The van der Waals surface area contributed by atoms with Crippen molar-refractivity contribution in [3.05, 3.63) is 34.9 Å². The lowest BCUT2D eigenvalue weighted by Crippen LogP contribution is -2.42. The molecule has 1 nitrogen and oxygen atoms in total. The molecule has 1 saturated carbocycles. The van der Waals surface area contributed by atoms with Gasteiger partial charge in [0, 0.05) is 17.6 Å². The van der Waals surface area contributed by atoms with Crippen LogP contribution in [0.2, 0.25) is 5.02 Å². The number of hydrogen-bond donors (Lipinski definition) is 1. The molecule has 0 aliphatic heterocycles. The van der Waals surface area contributed by atoms with Crippen LogP contribution >= 0.6 is 11.6 Å². The van der Waals surface area contributed by atoms with Crippen LogP contribution in [0.15, 0.2) is 24.3 Å². The Balaban J connectivity index is 1.97. The quantitative estimate of drug-likeness (QED) is 0.827. The number of benzene rings is 1. The van der Waals surface area contributed by atoms with Crippen molar-refractivity contribution < 1.29 is 0 Å². The highest BCUT2D eigenvalue weighted by atomic mass is 35.5. The van der Waals surface area contributed by atoms with Crippen LogP contribution in [0.3, 0.4) is 0 Å². The van der Waals surface area contributed by atoms with Gasteiger partial charge in [-0.2, -0.15) is 0 Å². The lowest BCUT2D eigenvalue weighted by molar-refractivity contribution is 0.169. The van der Waals surface area contributed by atoms with E-state index >= 15 is 0 Å². The van der Waals surface area contributed by atoms with Gasteiger partial charge in [0.1, 0.15) is 0 Å².